The van der Waals surface area contributed by atoms with E-state index in [1.54, 1.807) is 48.2 Å². The highest BCUT2D eigenvalue weighted by atomic mass is 16.6. The minimum absolute atomic E-state index is 0.0627. The molecule has 1 atom stereocenters. The standard InChI is InChI=1S/C20H29N3O6/c1-21(19(26)23-11-13-28-14-12-23)9-6-10-22(2)20(27)29-17(18(24)25)15-16-7-4-3-5-8-16/h3-5,7-8,17H,6,9-15H2,1-2H3,(H,24,25). The van der Waals surface area contributed by atoms with Crippen molar-refractivity contribution >= 4 is 18.1 Å². The van der Waals surface area contributed by atoms with Crippen molar-refractivity contribution in [3.8, 4) is 0 Å². The monoisotopic (exact) mass is 407 g/mol. The highest BCUT2D eigenvalue weighted by molar-refractivity contribution is 5.77. The van der Waals surface area contributed by atoms with Crippen LogP contribution in [-0.4, -0.2) is 97.5 Å². The van der Waals surface area contributed by atoms with Gasteiger partial charge >= 0.3 is 18.1 Å². The van der Waals surface area contributed by atoms with Gasteiger partial charge in [-0.05, 0) is 12.0 Å². The largest absolute Gasteiger partial charge is 0.478 e. The normalized spacial score (nSPS) is 14.8. The van der Waals surface area contributed by atoms with Crippen LogP contribution in [0.3, 0.4) is 0 Å². The van der Waals surface area contributed by atoms with E-state index in [0.717, 1.165) is 5.56 Å². The van der Waals surface area contributed by atoms with E-state index in [1.165, 1.54) is 4.90 Å². The summed E-state index contributed by atoms with van der Waals surface area (Å²) in [4.78, 5) is 40.7. The fraction of sp³-hybridized carbons (Fsp3) is 0.550. The van der Waals surface area contributed by atoms with E-state index < -0.39 is 18.2 Å². The second-order valence-electron chi connectivity index (χ2n) is 6.98. The number of carbonyl (C=O) groups excluding carboxylic acids is 2. The fourth-order valence-electron chi connectivity index (χ4n) is 2.95. The first-order chi connectivity index (χ1) is 13.9. The molecule has 29 heavy (non-hydrogen) atoms. The number of rotatable bonds is 8. The Kier molecular flexibility index (Phi) is 8.72. The lowest BCUT2D eigenvalue weighted by atomic mass is 10.1. The number of ether oxygens (including phenoxy) is 2. The molecular weight excluding hydrogens is 378 g/mol. The summed E-state index contributed by atoms with van der Waals surface area (Å²) in [5.74, 6) is -1.19. The Morgan fingerprint density at radius 2 is 1.72 bits per heavy atom. The molecule has 1 N–H and O–H groups in total. The molecule has 160 valence electrons. The Hall–Kier alpha value is -2.81. The average Bonchev–Trinajstić information content (AvgIpc) is 2.73. The number of aliphatic carboxylic acids is 1. The number of nitrogens with zero attached hydrogens (tertiary/aromatic N) is 3. The summed E-state index contributed by atoms with van der Waals surface area (Å²) in [6.07, 6.45) is -1.30. The zero-order valence-corrected chi connectivity index (χ0v) is 17.0. The van der Waals surface area contributed by atoms with E-state index in [2.05, 4.69) is 0 Å². The van der Waals surface area contributed by atoms with E-state index in [4.69, 9.17) is 9.47 Å². The number of carbonyl (C=O) groups is 3. The van der Waals surface area contributed by atoms with Crippen LogP contribution >= 0.6 is 0 Å². The summed E-state index contributed by atoms with van der Waals surface area (Å²) in [5, 5.41) is 9.35. The molecule has 9 heteroatoms. The van der Waals surface area contributed by atoms with E-state index in [-0.39, 0.29) is 12.5 Å². The summed E-state index contributed by atoms with van der Waals surface area (Å²) < 4.78 is 10.4. The number of morpholine rings is 1. The topological polar surface area (TPSA) is 99.6 Å². The molecule has 1 aliphatic heterocycles. The first kappa shape index (κ1) is 22.5. The molecule has 0 saturated carbocycles. The van der Waals surface area contributed by atoms with Gasteiger partial charge in [0.05, 0.1) is 13.2 Å². The lowest BCUT2D eigenvalue weighted by Crippen LogP contribution is -2.47. The minimum atomic E-state index is -1.25. The highest BCUT2D eigenvalue weighted by Crippen LogP contribution is 2.09. The van der Waals surface area contributed by atoms with Crippen molar-refractivity contribution in [1.29, 1.82) is 0 Å². The molecule has 1 aromatic carbocycles. The first-order valence-corrected chi connectivity index (χ1v) is 9.64. The third-order valence-electron chi connectivity index (χ3n) is 4.69. The second-order valence-corrected chi connectivity index (χ2v) is 6.98. The molecule has 2 rings (SSSR count). The maximum Gasteiger partial charge on any atom is 0.410 e. The number of hydrogen-bond acceptors (Lipinski definition) is 5. The van der Waals surface area contributed by atoms with Gasteiger partial charge in [-0.1, -0.05) is 30.3 Å². The van der Waals surface area contributed by atoms with Gasteiger partial charge < -0.3 is 29.3 Å². The lowest BCUT2D eigenvalue weighted by molar-refractivity contribution is -0.147. The molecule has 0 aromatic heterocycles. The molecular formula is C20H29N3O6. The molecule has 1 saturated heterocycles. The van der Waals surface area contributed by atoms with E-state index in [9.17, 15) is 19.5 Å². The van der Waals surface area contributed by atoms with Crippen LogP contribution in [0.2, 0.25) is 0 Å². The number of urea groups is 1. The summed E-state index contributed by atoms with van der Waals surface area (Å²) in [6.45, 7) is 3.06. The predicted octanol–water partition coefficient (Wildman–Crippen LogP) is 1.52. The van der Waals surface area contributed by atoms with E-state index >= 15 is 0 Å². The number of carboxylic acids is 1. The quantitative estimate of drug-likeness (QED) is 0.702. The number of hydrogen-bond donors (Lipinski definition) is 1. The maximum atomic E-state index is 12.3. The molecule has 3 amide bonds. The van der Waals surface area contributed by atoms with Crippen LogP contribution in [-0.2, 0) is 20.7 Å². The zero-order chi connectivity index (χ0) is 21.2. The maximum absolute atomic E-state index is 12.3. The average molecular weight is 407 g/mol. The molecule has 9 nitrogen and oxygen atoms in total. The molecule has 1 aliphatic rings. The summed E-state index contributed by atoms with van der Waals surface area (Å²) in [7, 11) is 3.27. The Labute approximate surface area is 170 Å². The summed E-state index contributed by atoms with van der Waals surface area (Å²) >= 11 is 0. The zero-order valence-electron chi connectivity index (χ0n) is 17.0. The van der Waals surface area contributed by atoms with Crippen molar-refractivity contribution in [3.63, 3.8) is 0 Å². The van der Waals surface area contributed by atoms with Gasteiger partial charge in [0.15, 0.2) is 0 Å². The lowest BCUT2D eigenvalue weighted by Gasteiger charge is -2.31. The third kappa shape index (κ3) is 7.26. The van der Waals surface area contributed by atoms with Gasteiger partial charge in [-0.15, -0.1) is 0 Å². The minimum Gasteiger partial charge on any atom is -0.478 e. The molecule has 1 unspecified atom stereocenters. The Morgan fingerprint density at radius 1 is 1.10 bits per heavy atom. The smallest absolute Gasteiger partial charge is 0.410 e. The van der Waals surface area contributed by atoms with Gasteiger partial charge in [0.25, 0.3) is 0 Å². The Morgan fingerprint density at radius 3 is 2.34 bits per heavy atom. The van der Waals surface area contributed by atoms with Crippen LogP contribution in [0.25, 0.3) is 0 Å². The molecule has 0 bridgehead atoms. The fourth-order valence-corrected chi connectivity index (χ4v) is 2.95. The SMILES string of the molecule is CN(CCCN(C)C(=O)N1CCOCC1)C(=O)OC(Cc1ccccc1)C(=O)O. The van der Waals surface area contributed by atoms with Crippen LogP contribution in [0.5, 0.6) is 0 Å². The van der Waals surface area contributed by atoms with Crippen molar-refractivity contribution in [2.75, 3.05) is 53.5 Å². The van der Waals surface area contributed by atoms with Crippen molar-refractivity contribution in [2.45, 2.75) is 18.9 Å². The summed E-state index contributed by atoms with van der Waals surface area (Å²) in [6, 6.07) is 8.95. The van der Waals surface area contributed by atoms with Gasteiger partial charge in [0.1, 0.15) is 0 Å². The van der Waals surface area contributed by atoms with Crippen LogP contribution in [0.4, 0.5) is 9.59 Å². The van der Waals surface area contributed by atoms with E-state index in [0.29, 0.717) is 45.8 Å². The van der Waals surface area contributed by atoms with Crippen molar-refractivity contribution in [3.05, 3.63) is 35.9 Å². The Bertz CT molecular complexity index is 678. The molecule has 0 radical (unpaired) electrons. The number of benzene rings is 1. The van der Waals surface area contributed by atoms with Crippen LogP contribution in [0.1, 0.15) is 12.0 Å². The Balaban J connectivity index is 1.75. The van der Waals surface area contributed by atoms with Gasteiger partial charge in [0.2, 0.25) is 6.10 Å². The molecule has 1 heterocycles. The van der Waals surface area contributed by atoms with Crippen LogP contribution in [0, 0.1) is 0 Å². The van der Waals surface area contributed by atoms with Crippen molar-refractivity contribution in [2.24, 2.45) is 0 Å². The summed E-state index contributed by atoms with van der Waals surface area (Å²) in [5.41, 5.74) is 0.776. The second kappa shape index (κ2) is 11.3. The van der Waals surface area contributed by atoms with Gasteiger partial charge in [-0.25, -0.2) is 14.4 Å². The van der Waals surface area contributed by atoms with Gasteiger partial charge in [-0.2, -0.15) is 0 Å². The number of carboxylic acid groups (broad SMARTS) is 1. The molecule has 0 spiro atoms. The third-order valence-corrected chi connectivity index (χ3v) is 4.69. The number of amides is 3. The van der Waals surface area contributed by atoms with Gasteiger partial charge in [-0.3, -0.25) is 0 Å². The van der Waals surface area contributed by atoms with Crippen molar-refractivity contribution < 1.29 is 29.0 Å². The van der Waals surface area contributed by atoms with Gasteiger partial charge in [0, 0.05) is 46.7 Å². The first-order valence-electron chi connectivity index (χ1n) is 9.64. The van der Waals surface area contributed by atoms with Crippen molar-refractivity contribution in [1.82, 2.24) is 14.7 Å². The predicted molar refractivity (Wildman–Crippen MR) is 106 cm³/mol. The molecule has 0 aliphatic carbocycles. The van der Waals surface area contributed by atoms with E-state index in [1.807, 2.05) is 6.07 Å². The van der Waals surface area contributed by atoms with Crippen LogP contribution < -0.4 is 0 Å². The molecule has 1 aromatic rings. The van der Waals surface area contributed by atoms with Crippen LogP contribution in [0.15, 0.2) is 30.3 Å². The molecule has 1 fully saturated rings. The highest BCUT2D eigenvalue weighted by Gasteiger charge is 2.25.